The minimum atomic E-state index is -0.880. The molecule has 0 aliphatic carbocycles. The van der Waals surface area contributed by atoms with Crippen molar-refractivity contribution in [3.05, 3.63) is 24.3 Å². The van der Waals surface area contributed by atoms with Crippen LogP contribution in [0.1, 0.15) is 97.8 Å². The first-order valence-corrected chi connectivity index (χ1v) is 12.5. The Morgan fingerprint density at radius 3 is 1.53 bits per heavy atom. The monoisotopic (exact) mass is 454 g/mol. The molecular weight excluding hydrogens is 404 g/mol. The number of rotatable bonds is 21. The normalized spacial score (nSPS) is 10.5. The van der Waals surface area contributed by atoms with Crippen molar-refractivity contribution in [1.29, 1.82) is 0 Å². The lowest BCUT2D eigenvalue weighted by molar-refractivity contribution is -0.133. The van der Waals surface area contributed by atoms with Gasteiger partial charge in [-0.2, -0.15) is 0 Å². The van der Waals surface area contributed by atoms with E-state index in [4.69, 9.17) is 10.2 Å². The van der Waals surface area contributed by atoms with E-state index >= 15 is 0 Å². The van der Waals surface area contributed by atoms with Crippen molar-refractivity contribution in [1.82, 2.24) is 10.6 Å². The Balaban J connectivity index is 0. The van der Waals surface area contributed by atoms with Crippen LogP contribution in [-0.2, 0) is 9.59 Å². The largest absolute Gasteiger partial charge is 0.478 e. The average molecular weight is 455 g/mol. The molecule has 0 saturated carbocycles. The second-order valence-corrected chi connectivity index (χ2v) is 8.83. The summed E-state index contributed by atoms with van der Waals surface area (Å²) in [7, 11) is 0. The molecule has 0 saturated heterocycles. The Hall–Kier alpha value is -1.66. The highest BCUT2D eigenvalue weighted by Gasteiger charge is 2.03. The molecule has 0 unspecified atom stereocenters. The number of hydrogen-bond donors (Lipinski definition) is 4. The predicted octanol–water partition coefficient (Wildman–Crippen LogP) is 5.79. The molecule has 0 aromatic heterocycles. The molecule has 0 fully saturated rings. The second kappa shape index (κ2) is 24.0. The fraction of sp³-hybridized carbons (Fsp3) is 0.769. The molecule has 6 nitrogen and oxygen atoms in total. The third-order valence-corrected chi connectivity index (χ3v) is 5.11. The zero-order chi connectivity index (χ0) is 24.6. The van der Waals surface area contributed by atoms with E-state index in [0.717, 1.165) is 44.9 Å². The Bertz CT molecular complexity index is 504. The summed E-state index contributed by atoms with van der Waals surface area (Å²) >= 11 is 0. The maximum absolute atomic E-state index is 10.5. The summed E-state index contributed by atoms with van der Waals surface area (Å²) in [6.07, 6.45) is 13.2. The van der Waals surface area contributed by atoms with Crippen LogP contribution in [0.2, 0.25) is 0 Å². The maximum Gasteiger partial charge on any atom is 0.330 e. The van der Waals surface area contributed by atoms with Crippen LogP contribution in [0.3, 0.4) is 0 Å². The Morgan fingerprint density at radius 2 is 1.09 bits per heavy atom. The number of carbonyl (C=O) groups is 2. The van der Waals surface area contributed by atoms with E-state index in [-0.39, 0.29) is 0 Å². The highest BCUT2D eigenvalue weighted by Crippen LogP contribution is 2.05. The molecule has 0 radical (unpaired) electrons. The number of hydrogen-bond acceptors (Lipinski definition) is 4. The third kappa shape index (κ3) is 26.4. The van der Waals surface area contributed by atoms with Crippen LogP contribution in [-0.4, -0.2) is 48.3 Å². The Morgan fingerprint density at radius 1 is 0.688 bits per heavy atom. The first-order chi connectivity index (χ1) is 15.2. The number of unbranched alkanes of at least 4 members (excludes halogenated alkanes) is 5. The molecule has 0 amide bonds. The number of carboxylic acid groups (broad SMARTS) is 2. The molecule has 188 valence electrons. The van der Waals surface area contributed by atoms with Crippen molar-refractivity contribution < 1.29 is 19.8 Å². The average Bonchev–Trinajstić information content (AvgIpc) is 2.74. The van der Waals surface area contributed by atoms with Crippen LogP contribution in [0.5, 0.6) is 0 Å². The first-order valence-electron chi connectivity index (χ1n) is 12.5. The van der Waals surface area contributed by atoms with Crippen LogP contribution >= 0.6 is 0 Å². The van der Waals surface area contributed by atoms with E-state index in [1.807, 2.05) is 0 Å². The number of carboxylic acids is 2. The summed E-state index contributed by atoms with van der Waals surface area (Å²) in [4.78, 5) is 20.9. The highest BCUT2D eigenvalue weighted by molar-refractivity contribution is 5.85. The molecule has 0 aromatic rings. The summed E-state index contributed by atoms with van der Waals surface area (Å²) in [5.74, 6) is -0.991. The molecule has 0 heterocycles. The number of nitrogens with one attached hydrogen (secondary N) is 2. The quantitative estimate of drug-likeness (QED) is 0.129. The van der Waals surface area contributed by atoms with Gasteiger partial charge in [-0.15, -0.1) is 0 Å². The van der Waals surface area contributed by atoms with Crippen molar-refractivity contribution in [2.45, 2.75) is 97.8 Å². The first kappa shape index (κ1) is 32.5. The van der Waals surface area contributed by atoms with E-state index in [1.165, 1.54) is 51.4 Å². The predicted molar refractivity (Wildman–Crippen MR) is 135 cm³/mol. The molecule has 0 aliphatic heterocycles. The fourth-order valence-corrected chi connectivity index (χ4v) is 2.98. The van der Waals surface area contributed by atoms with Gasteiger partial charge in [-0.1, -0.05) is 66.0 Å². The summed E-state index contributed by atoms with van der Waals surface area (Å²) in [6.45, 7) is 17.5. The van der Waals surface area contributed by atoms with Gasteiger partial charge in [0.15, 0.2) is 0 Å². The lowest BCUT2D eigenvalue weighted by Crippen LogP contribution is -2.17. The Kier molecular flexibility index (Phi) is 24.4. The van der Waals surface area contributed by atoms with E-state index < -0.39 is 11.9 Å². The zero-order valence-electron chi connectivity index (χ0n) is 21.0. The molecule has 0 rings (SSSR count). The minimum absolute atomic E-state index is 0.305. The van der Waals surface area contributed by atoms with Crippen LogP contribution in [0, 0.1) is 5.92 Å². The smallest absolute Gasteiger partial charge is 0.330 e. The standard InChI is InChI=1S/C14H27NO2.C12H23NO2/c1-3-4-5-6-7-8-11-15-12-9-10-13(2)14(16)17;1-10(2)6-4-8-13-9-5-7-11(3)12(14)15/h15H,2-12H2,1H3,(H,16,17);10,13H,3-9H2,1-2H3,(H,14,15). The highest BCUT2D eigenvalue weighted by atomic mass is 16.4. The van der Waals surface area contributed by atoms with Crippen molar-refractivity contribution in [3.8, 4) is 0 Å². The zero-order valence-corrected chi connectivity index (χ0v) is 21.0. The lowest BCUT2D eigenvalue weighted by atomic mass is 10.1. The lowest BCUT2D eigenvalue weighted by Gasteiger charge is -2.06. The van der Waals surface area contributed by atoms with Crippen LogP contribution in [0.25, 0.3) is 0 Å². The van der Waals surface area contributed by atoms with Gasteiger partial charge in [0.05, 0.1) is 0 Å². The molecule has 0 aromatic carbocycles. The number of aliphatic carboxylic acids is 2. The molecule has 0 atom stereocenters. The van der Waals surface area contributed by atoms with Gasteiger partial charge in [-0.25, -0.2) is 9.59 Å². The second-order valence-electron chi connectivity index (χ2n) is 8.83. The van der Waals surface area contributed by atoms with E-state index in [2.05, 4.69) is 44.6 Å². The van der Waals surface area contributed by atoms with Gasteiger partial charge in [0.25, 0.3) is 0 Å². The van der Waals surface area contributed by atoms with Crippen molar-refractivity contribution >= 4 is 11.9 Å². The summed E-state index contributed by atoms with van der Waals surface area (Å²) in [5.41, 5.74) is 0.616. The third-order valence-electron chi connectivity index (χ3n) is 5.11. The van der Waals surface area contributed by atoms with Gasteiger partial charge in [0, 0.05) is 11.1 Å². The molecule has 4 N–H and O–H groups in total. The van der Waals surface area contributed by atoms with E-state index in [0.29, 0.717) is 24.0 Å². The molecule has 0 aliphatic rings. The van der Waals surface area contributed by atoms with E-state index in [1.54, 1.807) is 0 Å². The van der Waals surface area contributed by atoms with Gasteiger partial charge in [0.2, 0.25) is 0 Å². The van der Waals surface area contributed by atoms with Gasteiger partial charge < -0.3 is 20.8 Å². The van der Waals surface area contributed by atoms with Crippen molar-refractivity contribution in [2.75, 3.05) is 26.2 Å². The molecule has 0 spiro atoms. The summed E-state index contributed by atoms with van der Waals surface area (Å²) < 4.78 is 0. The molecule has 6 heteroatoms. The fourth-order valence-electron chi connectivity index (χ4n) is 2.98. The van der Waals surface area contributed by atoms with Crippen LogP contribution in [0.15, 0.2) is 24.3 Å². The van der Waals surface area contributed by atoms with E-state index in [9.17, 15) is 9.59 Å². The molecular formula is C26H50N2O4. The van der Waals surface area contributed by atoms with Gasteiger partial charge in [0.1, 0.15) is 0 Å². The SMILES string of the molecule is C=C(CCCNCCCC(C)C)C(=O)O.C=C(CCCNCCCCCCCC)C(=O)O. The molecule has 32 heavy (non-hydrogen) atoms. The van der Waals surface area contributed by atoms with Crippen molar-refractivity contribution in [3.63, 3.8) is 0 Å². The Labute approximate surface area is 197 Å². The van der Waals surface area contributed by atoms with Gasteiger partial charge in [-0.3, -0.25) is 0 Å². The van der Waals surface area contributed by atoms with Crippen molar-refractivity contribution in [2.24, 2.45) is 5.92 Å². The summed E-state index contributed by atoms with van der Waals surface area (Å²) in [5, 5.41) is 23.8. The topological polar surface area (TPSA) is 98.7 Å². The van der Waals surface area contributed by atoms with Gasteiger partial charge >= 0.3 is 11.9 Å². The van der Waals surface area contributed by atoms with Crippen LogP contribution in [0.4, 0.5) is 0 Å². The molecule has 0 bridgehead atoms. The summed E-state index contributed by atoms with van der Waals surface area (Å²) in [6, 6.07) is 0. The minimum Gasteiger partial charge on any atom is -0.478 e. The van der Waals surface area contributed by atoms with Crippen LogP contribution < -0.4 is 10.6 Å². The maximum atomic E-state index is 10.5. The van der Waals surface area contributed by atoms with Gasteiger partial charge in [-0.05, 0) is 77.0 Å².